The van der Waals surface area contributed by atoms with Gasteiger partial charge in [0.1, 0.15) is 0 Å². The quantitative estimate of drug-likeness (QED) is 0.665. The van der Waals surface area contributed by atoms with Gasteiger partial charge in [-0.2, -0.15) is 0 Å². The molecular formula is C11H23NO. The van der Waals surface area contributed by atoms with Crippen molar-refractivity contribution in [1.29, 1.82) is 0 Å². The Labute approximate surface area is 82.3 Å². The van der Waals surface area contributed by atoms with E-state index in [9.17, 15) is 0 Å². The van der Waals surface area contributed by atoms with Crippen LogP contribution in [-0.4, -0.2) is 38.3 Å². The largest absolute Gasteiger partial charge is 0.384 e. The van der Waals surface area contributed by atoms with E-state index < -0.39 is 0 Å². The lowest BCUT2D eigenvalue weighted by Gasteiger charge is -2.34. The van der Waals surface area contributed by atoms with Gasteiger partial charge in [-0.25, -0.2) is 0 Å². The zero-order valence-corrected chi connectivity index (χ0v) is 9.31. The Bertz CT molecular complexity index is 139. The topological polar surface area (TPSA) is 12.5 Å². The molecule has 0 aromatic heterocycles. The minimum atomic E-state index is 0.312. The van der Waals surface area contributed by atoms with Crippen molar-refractivity contribution in [3.63, 3.8) is 0 Å². The van der Waals surface area contributed by atoms with Crippen LogP contribution in [0.5, 0.6) is 0 Å². The molecule has 2 nitrogen and oxygen atoms in total. The van der Waals surface area contributed by atoms with E-state index in [0.29, 0.717) is 5.41 Å². The molecule has 1 fully saturated rings. The van der Waals surface area contributed by atoms with Gasteiger partial charge in [-0.15, -0.1) is 0 Å². The van der Waals surface area contributed by atoms with Gasteiger partial charge in [0.25, 0.3) is 0 Å². The van der Waals surface area contributed by atoms with Crippen molar-refractivity contribution in [2.24, 2.45) is 5.41 Å². The van der Waals surface area contributed by atoms with Crippen LogP contribution in [0.15, 0.2) is 0 Å². The van der Waals surface area contributed by atoms with Crippen molar-refractivity contribution in [2.45, 2.75) is 33.1 Å². The van der Waals surface area contributed by atoms with E-state index in [1.54, 1.807) is 7.11 Å². The van der Waals surface area contributed by atoms with Crippen LogP contribution in [0.2, 0.25) is 0 Å². The molecule has 0 radical (unpaired) electrons. The number of nitrogens with zero attached hydrogens (tertiary/aromatic N) is 1. The summed E-state index contributed by atoms with van der Waals surface area (Å²) in [5, 5.41) is 0. The van der Waals surface area contributed by atoms with E-state index in [-0.39, 0.29) is 0 Å². The lowest BCUT2D eigenvalue weighted by Crippen LogP contribution is -2.39. The molecule has 1 heterocycles. The van der Waals surface area contributed by atoms with Crippen molar-refractivity contribution in [2.75, 3.05) is 33.4 Å². The van der Waals surface area contributed by atoms with Crippen LogP contribution in [0.1, 0.15) is 33.1 Å². The molecule has 0 aliphatic carbocycles. The molecule has 0 aromatic rings. The van der Waals surface area contributed by atoms with E-state index >= 15 is 0 Å². The van der Waals surface area contributed by atoms with Crippen LogP contribution in [0.4, 0.5) is 0 Å². The summed E-state index contributed by atoms with van der Waals surface area (Å²) in [7, 11) is 1.79. The fraction of sp³-hybridized carbons (Fsp3) is 1.00. The van der Waals surface area contributed by atoms with Gasteiger partial charge in [0, 0.05) is 19.1 Å². The summed E-state index contributed by atoms with van der Waals surface area (Å²) in [4.78, 5) is 2.57. The maximum Gasteiger partial charge on any atom is 0.0525 e. The smallest absolute Gasteiger partial charge is 0.0525 e. The summed E-state index contributed by atoms with van der Waals surface area (Å²) in [6.45, 7) is 9.18. The Morgan fingerprint density at radius 1 is 1.15 bits per heavy atom. The lowest BCUT2D eigenvalue weighted by atomic mass is 9.93. The van der Waals surface area contributed by atoms with E-state index in [4.69, 9.17) is 4.74 Å². The monoisotopic (exact) mass is 185 g/mol. The predicted octanol–water partition coefficient (Wildman–Crippen LogP) is 2.14. The molecule has 0 saturated carbocycles. The Kier molecular flexibility index (Phi) is 4.20. The zero-order valence-electron chi connectivity index (χ0n) is 9.31. The molecule has 1 rings (SSSR count). The van der Waals surface area contributed by atoms with Crippen molar-refractivity contribution in [1.82, 2.24) is 4.90 Å². The summed E-state index contributed by atoms with van der Waals surface area (Å²) in [6, 6.07) is 0. The summed E-state index contributed by atoms with van der Waals surface area (Å²) in [5.41, 5.74) is 0.312. The first-order valence-electron chi connectivity index (χ1n) is 5.35. The van der Waals surface area contributed by atoms with Crippen LogP contribution in [0, 0.1) is 5.41 Å². The van der Waals surface area contributed by atoms with Gasteiger partial charge < -0.3 is 9.64 Å². The Morgan fingerprint density at radius 3 is 2.31 bits per heavy atom. The van der Waals surface area contributed by atoms with Crippen LogP contribution in [0.25, 0.3) is 0 Å². The van der Waals surface area contributed by atoms with Crippen molar-refractivity contribution < 1.29 is 4.74 Å². The fourth-order valence-electron chi connectivity index (χ4n) is 2.16. The number of likely N-dealkylation sites (tertiary alicyclic amines) is 1. The highest BCUT2D eigenvalue weighted by Gasteiger charge is 2.22. The first-order chi connectivity index (χ1) is 6.14. The van der Waals surface area contributed by atoms with E-state index in [2.05, 4.69) is 18.7 Å². The molecule has 0 unspecified atom stereocenters. The molecular weight excluding hydrogens is 162 g/mol. The van der Waals surface area contributed by atoms with Crippen LogP contribution < -0.4 is 0 Å². The number of piperidine rings is 1. The minimum absolute atomic E-state index is 0.312. The third-order valence-corrected chi connectivity index (χ3v) is 2.64. The zero-order chi connectivity index (χ0) is 9.73. The second-order valence-corrected chi connectivity index (χ2v) is 4.93. The van der Waals surface area contributed by atoms with Crippen molar-refractivity contribution in [3.05, 3.63) is 0 Å². The van der Waals surface area contributed by atoms with Gasteiger partial charge in [0.2, 0.25) is 0 Å². The highest BCUT2D eigenvalue weighted by atomic mass is 16.5. The lowest BCUT2D eigenvalue weighted by molar-refractivity contribution is 0.0633. The molecule has 0 spiro atoms. The maximum absolute atomic E-state index is 5.22. The molecule has 1 aliphatic heterocycles. The van der Waals surface area contributed by atoms with Gasteiger partial charge in [-0.1, -0.05) is 20.3 Å². The summed E-state index contributed by atoms with van der Waals surface area (Å²) >= 11 is 0. The van der Waals surface area contributed by atoms with E-state index in [1.807, 2.05) is 0 Å². The van der Waals surface area contributed by atoms with Gasteiger partial charge in [0.15, 0.2) is 0 Å². The van der Waals surface area contributed by atoms with Crippen molar-refractivity contribution in [3.8, 4) is 0 Å². The molecule has 0 bridgehead atoms. The highest BCUT2D eigenvalue weighted by Crippen LogP contribution is 2.19. The highest BCUT2D eigenvalue weighted by molar-refractivity contribution is 4.75. The van der Waals surface area contributed by atoms with Crippen LogP contribution in [0.3, 0.4) is 0 Å². The number of methoxy groups -OCH3 is 1. The van der Waals surface area contributed by atoms with Gasteiger partial charge >= 0.3 is 0 Å². The van der Waals surface area contributed by atoms with Gasteiger partial charge in [0.05, 0.1) is 6.61 Å². The first-order valence-corrected chi connectivity index (χ1v) is 5.35. The maximum atomic E-state index is 5.22. The molecule has 0 atom stereocenters. The predicted molar refractivity (Wildman–Crippen MR) is 55.9 cm³/mol. The Balaban J connectivity index is 2.28. The molecule has 2 heteroatoms. The average Bonchev–Trinajstić information content (AvgIpc) is 2.04. The number of rotatable bonds is 4. The standard InChI is InChI=1S/C11H23NO/c1-11(2,10-13-3)9-12-7-5-4-6-8-12/h4-10H2,1-3H3. The van der Waals surface area contributed by atoms with Crippen molar-refractivity contribution >= 4 is 0 Å². The van der Waals surface area contributed by atoms with E-state index in [1.165, 1.54) is 38.9 Å². The molecule has 0 amide bonds. The fourth-order valence-corrected chi connectivity index (χ4v) is 2.16. The first kappa shape index (κ1) is 11.0. The molecule has 78 valence electrons. The molecule has 0 aromatic carbocycles. The molecule has 0 N–H and O–H groups in total. The minimum Gasteiger partial charge on any atom is -0.384 e. The number of ether oxygens (including phenoxy) is 1. The Hall–Kier alpha value is -0.0800. The second-order valence-electron chi connectivity index (χ2n) is 4.93. The Morgan fingerprint density at radius 2 is 1.77 bits per heavy atom. The van der Waals surface area contributed by atoms with Gasteiger partial charge in [-0.05, 0) is 25.9 Å². The summed E-state index contributed by atoms with van der Waals surface area (Å²) in [5.74, 6) is 0. The molecule has 1 aliphatic rings. The van der Waals surface area contributed by atoms with Gasteiger partial charge in [-0.3, -0.25) is 0 Å². The third kappa shape index (κ3) is 4.10. The molecule has 1 saturated heterocycles. The third-order valence-electron chi connectivity index (χ3n) is 2.64. The van der Waals surface area contributed by atoms with Crippen LogP contribution in [-0.2, 0) is 4.74 Å². The second kappa shape index (κ2) is 4.97. The van der Waals surface area contributed by atoms with Crippen LogP contribution >= 0.6 is 0 Å². The SMILES string of the molecule is COCC(C)(C)CN1CCCCC1. The number of hydrogen-bond donors (Lipinski definition) is 0. The molecule has 13 heavy (non-hydrogen) atoms. The summed E-state index contributed by atoms with van der Waals surface area (Å²) in [6.07, 6.45) is 4.17. The normalized spacial score (nSPS) is 20.5. The van der Waals surface area contributed by atoms with E-state index in [0.717, 1.165) is 6.61 Å². The number of hydrogen-bond acceptors (Lipinski definition) is 2. The summed E-state index contributed by atoms with van der Waals surface area (Å²) < 4.78 is 5.22. The average molecular weight is 185 g/mol.